The molecule has 1 N–H and O–H groups in total. The molecule has 0 amide bonds. The van der Waals surface area contributed by atoms with Crippen LogP contribution < -0.4 is 0 Å². The molecular formula is C28H23NO2. The highest BCUT2D eigenvalue weighted by Gasteiger charge is 2.20. The van der Waals surface area contributed by atoms with E-state index in [1.54, 1.807) is 17.2 Å². The van der Waals surface area contributed by atoms with Crippen LogP contribution in [0.25, 0.3) is 27.2 Å². The number of hydrogen-bond acceptors (Lipinski definition) is 2. The van der Waals surface area contributed by atoms with Crippen LogP contribution in [0.3, 0.4) is 0 Å². The van der Waals surface area contributed by atoms with Gasteiger partial charge in [-0.2, -0.15) is 0 Å². The summed E-state index contributed by atoms with van der Waals surface area (Å²) < 4.78 is 0. The fourth-order valence-electron chi connectivity index (χ4n) is 4.57. The summed E-state index contributed by atoms with van der Waals surface area (Å²) in [6, 6.07) is 22.4. The number of hydrogen-bond donors (Lipinski definition) is 1. The summed E-state index contributed by atoms with van der Waals surface area (Å²) in [5.41, 5.74) is 7.24. The van der Waals surface area contributed by atoms with Crippen molar-refractivity contribution in [2.45, 2.75) is 25.7 Å². The Labute approximate surface area is 181 Å². The molecule has 2 aliphatic rings. The molecule has 3 aromatic carbocycles. The van der Waals surface area contributed by atoms with Crippen LogP contribution in [-0.2, 0) is 6.42 Å². The average molecular weight is 405 g/mol. The zero-order chi connectivity index (χ0) is 21.2. The zero-order valence-electron chi connectivity index (χ0n) is 17.2. The predicted molar refractivity (Wildman–Crippen MR) is 126 cm³/mol. The lowest BCUT2D eigenvalue weighted by molar-refractivity contribution is 0.0696. The number of carboxylic acids is 1. The molecule has 2 aliphatic carbocycles. The van der Waals surface area contributed by atoms with Crippen LogP contribution in [0, 0.1) is 0 Å². The van der Waals surface area contributed by atoms with Gasteiger partial charge in [0.2, 0.25) is 0 Å². The first-order valence-electron chi connectivity index (χ1n) is 10.7. The van der Waals surface area contributed by atoms with E-state index in [9.17, 15) is 4.79 Å². The van der Waals surface area contributed by atoms with Gasteiger partial charge in [0.25, 0.3) is 0 Å². The molecular weight excluding hydrogens is 382 g/mol. The molecule has 0 fully saturated rings. The Balaban J connectivity index is 0.000000140. The van der Waals surface area contributed by atoms with E-state index in [4.69, 9.17) is 5.11 Å². The quantitative estimate of drug-likeness (QED) is 0.378. The van der Waals surface area contributed by atoms with Gasteiger partial charge in [-0.1, -0.05) is 72.3 Å². The third kappa shape index (κ3) is 3.75. The summed E-state index contributed by atoms with van der Waals surface area (Å²) in [4.78, 5) is 14.6. The summed E-state index contributed by atoms with van der Waals surface area (Å²) >= 11 is 0. The lowest BCUT2D eigenvalue weighted by Gasteiger charge is -2.25. The molecule has 0 saturated carbocycles. The molecule has 1 aromatic heterocycles. The molecule has 0 spiro atoms. The largest absolute Gasteiger partial charge is 0.478 e. The van der Waals surface area contributed by atoms with Gasteiger partial charge in [0.05, 0.1) is 11.1 Å². The number of benzene rings is 3. The first kappa shape index (κ1) is 19.3. The summed E-state index contributed by atoms with van der Waals surface area (Å²) in [6.07, 6.45) is 11.0. The van der Waals surface area contributed by atoms with Crippen LogP contribution in [0.5, 0.6) is 0 Å². The van der Waals surface area contributed by atoms with Crippen LogP contribution >= 0.6 is 0 Å². The summed E-state index contributed by atoms with van der Waals surface area (Å²) in [5.74, 6) is -0.946. The van der Waals surface area contributed by atoms with Gasteiger partial charge in [-0.05, 0) is 65.3 Å². The normalized spacial score (nSPS) is 14.6. The second kappa shape index (κ2) is 8.19. The van der Waals surface area contributed by atoms with E-state index >= 15 is 0 Å². The topological polar surface area (TPSA) is 50.2 Å². The maximum Gasteiger partial charge on any atom is 0.337 e. The van der Waals surface area contributed by atoms with Gasteiger partial charge in [-0.15, -0.1) is 0 Å². The molecule has 152 valence electrons. The average Bonchev–Trinajstić information content (AvgIpc) is 2.83. The molecule has 0 radical (unpaired) electrons. The van der Waals surface area contributed by atoms with Gasteiger partial charge in [-0.25, -0.2) is 4.79 Å². The van der Waals surface area contributed by atoms with Crippen molar-refractivity contribution < 1.29 is 9.90 Å². The second-order valence-electron chi connectivity index (χ2n) is 7.99. The molecule has 31 heavy (non-hydrogen) atoms. The standard InChI is InChI=1S/C18H16.C10H7NO2/c1-3-7-15-13(5-1)9-11-18-16-8-4-2-6-14(16)10-12-17(15)18;12-10(13)8-5-7-3-1-2-4-9(7)11-6-8/h1,3-5,7-9,11H,2,6,10,12H2;1-6H,(H,12,13). The second-order valence-corrected chi connectivity index (χ2v) is 7.99. The molecule has 0 bridgehead atoms. The zero-order valence-corrected chi connectivity index (χ0v) is 17.2. The molecule has 0 aliphatic heterocycles. The lowest BCUT2D eigenvalue weighted by Crippen LogP contribution is -2.06. The number of aromatic nitrogens is 1. The maximum absolute atomic E-state index is 10.6. The van der Waals surface area contributed by atoms with E-state index in [2.05, 4.69) is 53.5 Å². The van der Waals surface area contributed by atoms with Crippen LogP contribution in [0.1, 0.15) is 40.7 Å². The Morgan fingerprint density at radius 3 is 2.55 bits per heavy atom. The van der Waals surface area contributed by atoms with E-state index < -0.39 is 5.97 Å². The van der Waals surface area contributed by atoms with Gasteiger partial charge in [0, 0.05) is 11.6 Å². The molecule has 4 aromatic rings. The lowest BCUT2D eigenvalue weighted by atomic mass is 9.80. The minimum atomic E-state index is -0.946. The number of pyridine rings is 1. The predicted octanol–water partition coefficient (Wildman–Crippen LogP) is 6.82. The smallest absolute Gasteiger partial charge is 0.337 e. The highest BCUT2D eigenvalue weighted by atomic mass is 16.4. The monoisotopic (exact) mass is 405 g/mol. The minimum absolute atomic E-state index is 0.221. The number of carbonyl (C=O) groups is 1. The maximum atomic E-state index is 10.6. The number of allylic oxidation sites excluding steroid dienone is 4. The van der Waals surface area contributed by atoms with Crippen molar-refractivity contribution in [1.82, 2.24) is 4.98 Å². The van der Waals surface area contributed by atoms with Crippen molar-refractivity contribution in [3.8, 4) is 0 Å². The van der Waals surface area contributed by atoms with Gasteiger partial charge in [0.15, 0.2) is 0 Å². The number of para-hydroxylation sites is 1. The van der Waals surface area contributed by atoms with Crippen molar-refractivity contribution in [2.75, 3.05) is 0 Å². The highest BCUT2D eigenvalue weighted by Crippen LogP contribution is 2.39. The summed E-state index contributed by atoms with van der Waals surface area (Å²) in [7, 11) is 0. The number of aryl methyl sites for hydroxylation is 1. The number of nitrogens with zero attached hydrogens (tertiary/aromatic N) is 1. The first-order chi connectivity index (χ1) is 15.2. The van der Waals surface area contributed by atoms with Crippen molar-refractivity contribution in [3.63, 3.8) is 0 Å². The van der Waals surface area contributed by atoms with E-state index in [1.807, 2.05) is 24.3 Å². The van der Waals surface area contributed by atoms with Crippen LogP contribution in [0.4, 0.5) is 0 Å². The Hall–Kier alpha value is -3.72. The Bertz CT molecular complexity index is 1360. The molecule has 6 rings (SSSR count). The van der Waals surface area contributed by atoms with Crippen molar-refractivity contribution in [1.29, 1.82) is 0 Å². The number of rotatable bonds is 1. The molecule has 0 atom stereocenters. The van der Waals surface area contributed by atoms with Crippen molar-refractivity contribution in [3.05, 3.63) is 107 Å². The molecule has 1 heterocycles. The Morgan fingerprint density at radius 1 is 0.871 bits per heavy atom. The molecule has 0 saturated heterocycles. The Kier molecular flexibility index (Phi) is 5.09. The van der Waals surface area contributed by atoms with Gasteiger partial charge in [0.1, 0.15) is 0 Å². The number of aromatic carboxylic acids is 1. The molecule has 0 unspecified atom stereocenters. The van der Waals surface area contributed by atoms with Crippen molar-refractivity contribution >= 4 is 33.2 Å². The highest BCUT2D eigenvalue weighted by molar-refractivity contribution is 5.94. The summed E-state index contributed by atoms with van der Waals surface area (Å²) in [5, 5.41) is 12.4. The fourth-order valence-corrected chi connectivity index (χ4v) is 4.57. The van der Waals surface area contributed by atoms with E-state index in [0.29, 0.717) is 0 Å². The van der Waals surface area contributed by atoms with Crippen molar-refractivity contribution in [2.24, 2.45) is 0 Å². The molecule has 3 nitrogen and oxygen atoms in total. The van der Waals surface area contributed by atoms with E-state index in [0.717, 1.165) is 10.9 Å². The van der Waals surface area contributed by atoms with Crippen LogP contribution in [0.15, 0.2) is 90.7 Å². The van der Waals surface area contributed by atoms with Gasteiger partial charge >= 0.3 is 5.97 Å². The Morgan fingerprint density at radius 2 is 1.68 bits per heavy atom. The van der Waals surface area contributed by atoms with Crippen LogP contribution in [0.2, 0.25) is 0 Å². The van der Waals surface area contributed by atoms with Gasteiger partial charge in [-0.3, -0.25) is 4.98 Å². The molecule has 3 heteroatoms. The number of fused-ring (bicyclic) bond motifs is 5. The minimum Gasteiger partial charge on any atom is -0.478 e. The third-order valence-corrected chi connectivity index (χ3v) is 6.12. The first-order valence-corrected chi connectivity index (χ1v) is 10.7. The number of carboxylic acid groups (broad SMARTS) is 1. The van der Waals surface area contributed by atoms with E-state index in [1.165, 1.54) is 53.8 Å². The summed E-state index contributed by atoms with van der Waals surface area (Å²) in [6.45, 7) is 0. The van der Waals surface area contributed by atoms with Gasteiger partial charge < -0.3 is 5.11 Å². The SMILES string of the molecule is C1=CC2=C(CC1)CCc1c2ccc2ccccc12.O=C(O)c1cnc2ccccc2c1. The van der Waals surface area contributed by atoms with E-state index in [-0.39, 0.29) is 5.56 Å². The van der Waals surface area contributed by atoms with Crippen LogP contribution in [-0.4, -0.2) is 16.1 Å². The fraction of sp³-hybridized carbons (Fsp3) is 0.143. The third-order valence-electron chi connectivity index (χ3n) is 6.12.